The van der Waals surface area contributed by atoms with Crippen LogP contribution >= 0.6 is 0 Å². The summed E-state index contributed by atoms with van der Waals surface area (Å²) in [4.78, 5) is 22.7. The Morgan fingerprint density at radius 3 is 2.61 bits per heavy atom. The number of halogens is 2. The molecule has 1 aliphatic rings. The number of hydrogen-bond donors (Lipinski definition) is 1. The molecule has 2 amide bonds. The maximum absolute atomic E-state index is 13.1. The zero-order chi connectivity index (χ0) is 13.4. The highest BCUT2D eigenvalue weighted by Gasteiger charge is 2.44. The molecule has 0 bridgehead atoms. The van der Waals surface area contributed by atoms with Crippen LogP contribution in [0.2, 0.25) is 0 Å². The van der Waals surface area contributed by atoms with E-state index in [1.807, 2.05) is 0 Å². The highest BCUT2D eigenvalue weighted by atomic mass is 19.2. The molecule has 1 heterocycles. The summed E-state index contributed by atoms with van der Waals surface area (Å²) in [6.07, 6.45) is -3.29. The lowest BCUT2D eigenvalue weighted by atomic mass is 10.0. The third-order valence-corrected chi connectivity index (χ3v) is 2.70. The standard InChI is InChI=1S/C11H9F2NO4/c1-5-9(14(10(15)16)11(17)18-5)6-2-3-7(12)8(13)4-6/h2-5,9H,1H3,(H,15,16). The highest BCUT2D eigenvalue weighted by Crippen LogP contribution is 2.33. The molecule has 1 fully saturated rings. The molecule has 7 heteroatoms. The maximum atomic E-state index is 13.1. The molecule has 0 aliphatic carbocycles. The fraction of sp³-hybridized carbons (Fsp3) is 0.273. The Morgan fingerprint density at radius 2 is 2.06 bits per heavy atom. The van der Waals surface area contributed by atoms with E-state index in [4.69, 9.17) is 9.84 Å². The molecular formula is C11H9F2NO4. The predicted octanol–water partition coefficient (Wildman–Crippen LogP) is 2.52. The van der Waals surface area contributed by atoms with Crippen molar-refractivity contribution in [1.82, 2.24) is 4.90 Å². The number of carboxylic acid groups (broad SMARTS) is 1. The van der Waals surface area contributed by atoms with Crippen LogP contribution in [0, 0.1) is 11.6 Å². The maximum Gasteiger partial charge on any atom is 0.420 e. The van der Waals surface area contributed by atoms with Crippen LogP contribution in [0.5, 0.6) is 0 Å². The summed E-state index contributed by atoms with van der Waals surface area (Å²) in [6.45, 7) is 1.48. The molecule has 1 saturated heterocycles. The SMILES string of the molecule is CC1OC(=O)N(C(=O)O)C1c1ccc(F)c(F)c1. The minimum Gasteiger partial charge on any atom is -0.465 e. The molecule has 1 aromatic carbocycles. The number of carbonyl (C=O) groups excluding carboxylic acids is 1. The summed E-state index contributed by atoms with van der Waals surface area (Å²) in [5.41, 5.74) is 0.162. The quantitative estimate of drug-likeness (QED) is 0.839. The Morgan fingerprint density at radius 1 is 1.39 bits per heavy atom. The second kappa shape index (κ2) is 4.25. The Labute approximate surface area is 101 Å². The first kappa shape index (κ1) is 12.3. The lowest BCUT2D eigenvalue weighted by Gasteiger charge is -2.19. The number of cyclic esters (lactones) is 1. The van der Waals surface area contributed by atoms with Crippen LogP contribution in [0.4, 0.5) is 18.4 Å². The van der Waals surface area contributed by atoms with Crippen molar-refractivity contribution < 1.29 is 28.2 Å². The molecule has 0 spiro atoms. The van der Waals surface area contributed by atoms with Gasteiger partial charge in [0.15, 0.2) is 11.6 Å². The number of nitrogens with zero attached hydrogens (tertiary/aromatic N) is 1. The lowest BCUT2D eigenvalue weighted by Crippen LogP contribution is -2.33. The van der Waals surface area contributed by atoms with Gasteiger partial charge < -0.3 is 9.84 Å². The summed E-state index contributed by atoms with van der Waals surface area (Å²) in [5, 5.41) is 8.91. The smallest absolute Gasteiger partial charge is 0.420 e. The van der Waals surface area contributed by atoms with Crippen LogP contribution in [-0.4, -0.2) is 28.3 Å². The van der Waals surface area contributed by atoms with Crippen molar-refractivity contribution in [2.24, 2.45) is 0 Å². The number of ether oxygens (including phenoxy) is 1. The van der Waals surface area contributed by atoms with Crippen LogP contribution in [0.15, 0.2) is 18.2 Å². The molecule has 18 heavy (non-hydrogen) atoms. The molecule has 1 N–H and O–H groups in total. The van der Waals surface area contributed by atoms with Gasteiger partial charge in [-0.1, -0.05) is 6.07 Å². The van der Waals surface area contributed by atoms with Gasteiger partial charge >= 0.3 is 12.2 Å². The number of rotatable bonds is 1. The molecule has 5 nitrogen and oxygen atoms in total. The van der Waals surface area contributed by atoms with Crippen LogP contribution in [-0.2, 0) is 4.74 Å². The van der Waals surface area contributed by atoms with Gasteiger partial charge in [0.25, 0.3) is 0 Å². The number of imide groups is 1. The third kappa shape index (κ3) is 1.87. The molecule has 0 aromatic heterocycles. The Kier molecular flexibility index (Phi) is 2.90. The van der Waals surface area contributed by atoms with Gasteiger partial charge in [-0.25, -0.2) is 23.3 Å². The monoisotopic (exact) mass is 257 g/mol. The third-order valence-electron chi connectivity index (χ3n) is 2.70. The first-order valence-electron chi connectivity index (χ1n) is 5.09. The molecule has 0 saturated carbocycles. The lowest BCUT2D eigenvalue weighted by molar-refractivity contribution is 0.131. The van der Waals surface area contributed by atoms with Crippen molar-refractivity contribution in [3.05, 3.63) is 35.4 Å². The van der Waals surface area contributed by atoms with Crippen LogP contribution in [0.25, 0.3) is 0 Å². The molecular weight excluding hydrogens is 248 g/mol. The summed E-state index contributed by atoms with van der Waals surface area (Å²) in [5.74, 6) is -2.15. The minimum absolute atomic E-state index is 0.162. The van der Waals surface area contributed by atoms with Crippen LogP contribution in [0.1, 0.15) is 18.5 Å². The number of benzene rings is 1. The fourth-order valence-electron chi connectivity index (χ4n) is 1.92. The van der Waals surface area contributed by atoms with Gasteiger partial charge in [0.05, 0.1) is 0 Å². The van der Waals surface area contributed by atoms with E-state index in [-0.39, 0.29) is 5.56 Å². The first-order chi connectivity index (χ1) is 8.41. The van der Waals surface area contributed by atoms with Gasteiger partial charge in [-0.2, -0.15) is 0 Å². The normalized spacial score (nSPS) is 23.1. The largest absolute Gasteiger partial charge is 0.465 e. The van der Waals surface area contributed by atoms with Gasteiger partial charge in [0, 0.05) is 0 Å². The number of hydrogen-bond acceptors (Lipinski definition) is 3. The summed E-state index contributed by atoms with van der Waals surface area (Å²) in [6, 6.07) is 1.97. The average Bonchev–Trinajstić information content (AvgIpc) is 2.57. The Bertz CT molecular complexity index is 520. The minimum atomic E-state index is -1.50. The Hall–Kier alpha value is -2.18. The zero-order valence-corrected chi connectivity index (χ0v) is 9.26. The van der Waals surface area contributed by atoms with Gasteiger partial charge in [-0.05, 0) is 24.6 Å². The molecule has 2 unspecified atom stereocenters. The van der Waals surface area contributed by atoms with E-state index in [1.54, 1.807) is 0 Å². The second-order valence-corrected chi connectivity index (χ2v) is 3.86. The molecule has 0 radical (unpaired) electrons. The molecule has 1 aliphatic heterocycles. The average molecular weight is 257 g/mol. The fourth-order valence-corrected chi connectivity index (χ4v) is 1.92. The molecule has 96 valence electrons. The molecule has 1 aromatic rings. The highest BCUT2D eigenvalue weighted by molar-refractivity contribution is 5.89. The van der Waals surface area contributed by atoms with Gasteiger partial charge in [-0.3, -0.25) is 0 Å². The predicted molar refractivity (Wildman–Crippen MR) is 54.9 cm³/mol. The van der Waals surface area contributed by atoms with E-state index in [2.05, 4.69) is 0 Å². The van der Waals surface area contributed by atoms with Gasteiger partial charge in [0.2, 0.25) is 0 Å². The van der Waals surface area contributed by atoms with E-state index < -0.39 is 36.0 Å². The van der Waals surface area contributed by atoms with Crippen molar-refractivity contribution in [3.8, 4) is 0 Å². The van der Waals surface area contributed by atoms with Crippen LogP contribution < -0.4 is 0 Å². The van der Waals surface area contributed by atoms with Crippen molar-refractivity contribution >= 4 is 12.2 Å². The topological polar surface area (TPSA) is 66.8 Å². The van der Waals surface area contributed by atoms with Crippen molar-refractivity contribution in [3.63, 3.8) is 0 Å². The summed E-state index contributed by atoms with van der Waals surface area (Å²) in [7, 11) is 0. The van der Waals surface area contributed by atoms with Gasteiger partial charge in [0.1, 0.15) is 12.1 Å². The number of carbonyl (C=O) groups is 2. The summed E-state index contributed by atoms with van der Waals surface area (Å²) < 4.78 is 30.7. The summed E-state index contributed by atoms with van der Waals surface area (Å²) >= 11 is 0. The van der Waals surface area contributed by atoms with E-state index in [9.17, 15) is 18.4 Å². The van der Waals surface area contributed by atoms with E-state index in [0.29, 0.717) is 4.90 Å². The van der Waals surface area contributed by atoms with Crippen molar-refractivity contribution in [1.29, 1.82) is 0 Å². The van der Waals surface area contributed by atoms with Crippen LogP contribution in [0.3, 0.4) is 0 Å². The van der Waals surface area contributed by atoms with Gasteiger partial charge in [-0.15, -0.1) is 0 Å². The molecule has 2 atom stereocenters. The van der Waals surface area contributed by atoms with Crippen molar-refractivity contribution in [2.75, 3.05) is 0 Å². The molecule has 2 rings (SSSR count). The van der Waals surface area contributed by atoms with E-state index in [1.165, 1.54) is 13.0 Å². The van der Waals surface area contributed by atoms with E-state index >= 15 is 0 Å². The zero-order valence-electron chi connectivity index (χ0n) is 9.26. The van der Waals surface area contributed by atoms with E-state index in [0.717, 1.165) is 12.1 Å². The van der Waals surface area contributed by atoms with Crippen molar-refractivity contribution in [2.45, 2.75) is 19.1 Å². The second-order valence-electron chi connectivity index (χ2n) is 3.86. The number of amides is 2. The Balaban J connectivity index is 2.43. The first-order valence-corrected chi connectivity index (χ1v) is 5.09.